The highest BCUT2D eigenvalue weighted by Crippen LogP contribution is 2.25. The van der Waals surface area contributed by atoms with Crippen molar-refractivity contribution in [1.82, 2.24) is 10.2 Å². The van der Waals surface area contributed by atoms with E-state index in [2.05, 4.69) is 5.32 Å². The molecule has 0 aliphatic carbocycles. The number of amides is 2. The third kappa shape index (κ3) is 7.21. The number of anilines is 1. The number of aryl methyl sites for hydroxylation is 2. The number of hydrogen-bond acceptors (Lipinski definition) is 4. The quantitative estimate of drug-likeness (QED) is 0.525. The Balaban J connectivity index is 2.42. The molecule has 9 heteroatoms. The van der Waals surface area contributed by atoms with Crippen LogP contribution in [0.3, 0.4) is 0 Å². The van der Waals surface area contributed by atoms with Gasteiger partial charge in [0.25, 0.3) is 0 Å². The van der Waals surface area contributed by atoms with Crippen LogP contribution in [0.4, 0.5) is 5.69 Å². The maximum Gasteiger partial charge on any atom is 0.244 e. The summed E-state index contributed by atoms with van der Waals surface area (Å²) in [4.78, 5) is 27.9. The van der Waals surface area contributed by atoms with Gasteiger partial charge in [-0.05, 0) is 62.9 Å². The molecule has 0 heterocycles. The number of benzene rings is 2. The lowest BCUT2D eigenvalue weighted by molar-refractivity contribution is -0.139. The highest BCUT2D eigenvalue weighted by molar-refractivity contribution is 7.92. The average molecular weight is 508 g/mol. The van der Waals surface area contributed by atoms with Crippen LogP contribution >= 0.6 is 11.6 Å². The van der Waals surface area contributed by atoms with E-state index in [9.17, 15) is 18.0 Å². The number of carbonyl (C=O) groups excluding carboxylic acids is 2. The van der Waals surface area contributed by atoms with E-state index < -0.39 is 28.5 Å². The second-order valence-corrected chi connectivity index (χ2v) is 11.0. The minimum absolute atomic E-state index is 0.0485. The molecular formula is C25H34ClN3O4S. The molecule has 0 spiro atoms. The highest BCUT2D eigenvalue weighted by Gasteiger charge is 2.30. The van der Waals surface area contributed by atoms with Gasteiger partial charge in [-0.1, -0.05) is 48.9 Å². The summed E-state index contributed by atoms with van der Waals surface area (Å²) >= 11 is 6.22. The van der Waals surface area contributed by atoms with Crippen molar-refractivity contribution in [3.63, 3.8) is 0 Å². The summed E-state index contributed by atoms with van der Waals surface area (Å²) in [7, 11) is -3.80. The zero-order valence-corrected chi connectivity index (χ0v) is 22.2. The second-order valence-electron chi connectivity index (χ2n) is 8.65. The molecule has 0 aromatic heterocycles. The van der Waals surface area contributed by atoms with Crippen LogP contribution in [-0.2, 0) is 26.2 Å². The van der Waals surface area contributed by atoms with Crippen molar-refractivity contribution in [3.8, 4) is 0 Å². The van der Waals surface area contributed by atoms with Gasteiger partial charge in [-0.25, -0.2) is 8.42 Å². The predicted octanol–water partition coefficient (Wildman–Crippen LogP) is 4.05. The number of carbonyl (C=O) groups is 2. The number of sulfonamides is 1. The number of halogens is 1. The lowest BCUT2D eigenvalue weighted by atomic mass is 10.1. The minimum atomic E-state index is -3.80. The first-order valence-corrected chi connectivity index (χ1v) is 13.5. The smallest absolute Gasteiger partial charge is 0.244 e. The SMILES string of the molecule is CCC(C)NC(=O)C(C)N(Cc1ccccc1C)C(=O)CN(c1ccc(C)c(Cl)c1)S(C)(=O)=O. The lowest BCUT2D eigenvalue weighted by Gasteiger charge is -2.32. The van der Waals surface area contributed by atoms with Crippen LogP contribution in [0.25, 0.3) is 0 Å². The summed E-state index contributed by atoms with van der Waals surface area (Å²) in [5, 5.41) is 3.31. The minimum Gasteiger partial charge on any atom is -0.352 e. The fourth-order valence-electron chi connectivity index (χ4n) is 3.37. The summed E-state index contributed by atoms with van der Waals surface area (Å²) in [5.41, 5.74) is 2.93. The van der Waals surface area contributed by atoms with Gasteiger partial charge in [0, 0.05) is 17.6 Å². The molecule has 2 atom stereocenters. The Hall–Kier alpha value is -2.58. The Kier molecular flexibility index (Phi) is 9.53. The number of nitrogens with one attached hydrogen (secondary N) is 1. The first kappa shape index (κ1) is 27.7. The molecule has 0 aliphatic rings. The third-order valence-corrected chi connectivity index (χ3v) is 7.44. The van der Waals surface area contributed by atoms with Crippen LogP contribution in [0.15, 0.2) is 42.5 Å². The van der Waals surface area contributed by atoms with Crippen molar-refractivity contribution < 1.29 is 18.0 Å². The van der Waals surface area contributed by atoms with Gasteiger partial charge in [0.15, 0.2) is 0 Å². The van der Waals surface area contributed by atoms with E-state index in [1.165, 1.54) is 11.0 Å². The molecule has 0 saturated carbocycles. The van der Waals surface area contributed by atoms with Gasteiger partial charge in [-0.3, -0.25) is 13.9 Å². The first-order chi connectivity index (χ1) is 15.8. The van der Waals surface area contributed by atoms with Gasteiger partial charge in [0.2, 0.25) is 21.8 Å². The molecule has 2 aromatic carbocycles. The van der Waals surface area contributed by atoms with Crippen LogP contribution in [-0.4, -0.2) is 50.0 Å². The summed E-state index contributed by atoms with van der Waals surface area (Å²) in [6, 6.07) is 11.6. The maximum absolute atomic E-state index is 13.5. The van der Waals surface area contributed by atoms with Gasteiger partial charge in [-0.15, -0.1) is 0 Å². The Labute approximate surface area is 208 Å². The van der Waals surface area contributed by atoms with Crippen LogP contribution < -0.4 is 9.62 Å². The summed E-state index contributed by atoms with van der Waals surface area (Å²) < 4.78 is 26.3. The van der Waals surface area contributed by atoms with E-state index in [1.807, 2.05) is 52.0 Å². The second kappa shape index (κ2) is 11.7. The van der Waals surface area contributed by atoms with Gasteiger partial charge < -0.3 is 10.2 Å². The highest BCUT2D eigenvalue weighted by atomic mass is 35.5. The van der Waals surface area contributed by atoms with Gasteiger partial charge in [0.1, 0.15) is 12.6 Å². The van der Waals surface area contributed by atoms with E-state index in [-0.39, 0.29) is 18.5 Å². The topological polar surface area (TPSA) is 86.8 Å². The third-order valence-electron chi connectivity index (χ3n) is 5.89. The molecular weight excluding hydrogens is 474 g/mol. The zero-order valence-electron chi connectivity index (χ0n) is 20.6. The number of nitrogens with zero attached hydrogens (tertiary/aromatic N) is 2. The first-order valence-electron chi connectivity index (χ1n) is 11.2. The molecule has 0 fully saturated rings. The molecule has 2 amide bonds. The predicted molar refractivity (Wildman–Crippen MR) is 137 cm³/mol. The van der Waals surface area contributed by atoms with Crippen molar-refractivity contribution >= 4 is 39.1 Å². The average Bonchev–Trinajstić information content (AvgIpc) is 2.77. The van der Waals surface area contributed by atoms with Crippen molar-refractivity contribution in [2.24, 2.45) is 0 Å². The zero-order chi connectivity index (χ0) is 25.6. The monoisotopic (exact) mass is 507 g/mol. The molecule has 34 heavy (non-hydrogen) atoms. The van der Waals surface area contributed by atoms with E-state index in [4.69, 9.17) is 11.6 Å². The molecule has 186 valence electrons. The van der Waals surface area contributed by atoms with Crippen LogP contribution in [0.5, 0.6) is 0 Å². The Morgan fingerprint density at radius 2 is 1.71 bits per heavy atom. The van der Waals surface area contributed by atoms with Crippen LogP contribution in [0.1, 0.15) is 43.9 Å². The fraction of sp³-hybridized carbons (Fsp3) is 0.440. The van der Waals surface area contributed by atoms with Gasteiger partial charge >= 0.3 is 0 Å². The molecule has 0 bridgehead atoms. The molecule has 0 radical (unpaired) electrons. The number of rotatable bonds is 10. The maximum atomic E-state index is 13.5. The molecule has 1 N–H and O–H groups in total. The van der Waals surface area contributed by atoms with E-state index in [1.54, 1.807) is 19.1 Å². The normalized spacial score (nSPS) is 13.1. The molecule has 2 unspecified atom stereocenters. The largest absolute Gasteiger partial charge is 0.352 e. The van der Waals surface area contributed by atoms with Gasteiger partial charge in [-0.2, -0.15) is 0 Å². The summed E-state index contributed by atoms with van der Waals surface area (Å²) in [5.74, 6) is -0.780. The van der Waals surface area contributed by atoms with Crippen LogP contribution in [0, 0.1) is 13.8 Å². The summed E-state index contributed by atoms with van der Waals surface area (Å²) in [6.07, 6.45) is 1.79. The van der Waals surface area contributed by atoms with Crippen molar-refractivity contribution in [1.29, 1.82) is 0 Å². The van der Waals surface area contributed by atoms with Crippen molar-refractivity contribution in [3.05, 3.63) is 64.2 Å². The molecule has 2 aromatic rings. The molecule has 2 rings (SSSR count). The van der Waals surface area contributed by atoms with Crippen LogP contribution in [0.2, 0.25) is 5.02 Å². The van der Waals surface area contributed by atoms with E-state index >= 15 is 0 Å². The molecule has 7 nitrogen and oxygen atoms in total. The standard InChI is InChI=1S/C25H34ClN3O4S/c1-7-19(4)27-25(31)20(5)28(15-21-11-9-8-10-17(21)2)24(30)16-29(34(6,32)33)22-13-12-18(3)23(26)14-22/h8-14,19-20H,7,15-16H2,1-6H3,(H,27,31). The Morgan fingerprint density at radius 1 is 1.06 bits per heavy atom. The Bertz CT molecular complexity index is 1140. The van der Waals surface area contributed by atoms with Crippen molar-refractivity contribution in [2.75, 3.05) is 17.1 Å². The summed E-state index contributed by atoms with van der Waals surface area (Å²) in [6.45, 7) is 8.97. The molecule has 0 aliphatic heterocycles. The molecule has 0 saturated heterocycles. The lowest BCUT2D eigenvalue weighted by Crippen LogP contribution is -2.52. The van der Waals surface area contributed by atoms with Gasteiger partial charge in [0.05, 0.1) is 11.9 Å². The van der Waals surface area contributed by atoms with E-state index in [0.717, 1.165) is 33.7 Å². The van der Waals surface area contributed by atoms with Crippen molar-refractivity contribution in [2.45, 2.75) is 59.7 Å². The van der Waals surface area contributed by atoms with E-state index in [0.29, 0.717) is 10.7 Å². The number of hydrogen-bond donors (Lipinski definition) is 1. The Morgan fingerprint density at radius 3 is 2.26 bits per heavy atom. The fourth-order valence-corrected chi connectivity index (χ4v) is 4.39.